The molecule has 0 radical (unpaired) electrons. The van der Waals surface area contributed by atoms with E-state index >= 15 is 0 Å². The first kappa shape index (κ1) is 12.4. The van der Waals surface area contributed by atoms with E-state index in [0.717, 1.165) is 18.7 Å². The minimum absolute atomic E-state index is 0.681. The Hall–Kier alpha value is -2.03. The summed E-state index contributed by atoms with van der Waals surface area (Å²) in [6.07, 6.45) is 3.68. The number of nitrogens with two attached hydrogens (primary N) is 1. The average Bonchev–Trinajstić information content (AvgIpc) is 2.41. The van der Waals surface area contributed by atoms with Gasteiger partial charge >= 0.3 is 0 Å². The van der Waals surface area contributed by atoms with Gasteiger partial charge in [-0.2, -0.15) is 0 Å². The van der Waals surface area contributed by atoms with Gasteiger partial charge in [0.1, 0.15) is 5.82 Å². The highest BCUT2D eigenvalue weighted by Crippen LogP contribution is 2.25. The van der Waals surface area contributed by atoms with Gasteiger partial charge < -0.3 is 11.1 Å². The van der Waals surface area contributed by atoms with Gasteiger partial charge in [0.15, 0.2) is 0 Å². The van der Waals surface area contributed by atoms with Gasteiger partial charge in [0.05, 0.1) is 11.9 Å². The van der Waals surface area contributed by atoms with Crippen molar-refractivity contribution in [2.45, 2.75) is 26.7 Å². The van der Waals surface area contributed by atoms with E-state index in [1.54, 1.807) is 6.20 Å². The SMILES string of the molecule is CCc1cccc(CC)c1Nc1ccc(N)cn1. The Kier molecular flexibility index (Phi) is 3.82. The molecule has 0 saturated heterocycles. The monoisotopic (exact) mass is 241 g/mol. The standard InChI is InChI=1S/C15H19N3/c1-3-11-6-5-7-12(4-2)15(11)18-14-9-8-13(16)10-17-14/h5-10H,3-4,16H2,1-2H3,(H,17,18). The van der Waals surface area contributed by atoms with Crippen LogP contribution >= 0.6 is 0 Å². The molecule has 0 saturated carbocycles. The van der Waals surface area contributed by atoms with E-state index in [1.165, 1.54) is 16.8 Å². The van der Waals surface area contributed by atoms with Crippen molar-refractivity contribution in [2.24, 2.45) is 0 Å². The maximum atomic E-state index is 5.64. The van der Waals surface area contributed by atoms with Crippen molar-refractivity contribution in [3.8, 4) is 0 Å². The zero-order valence-electron chi connectivity index (χ0n) is 10.9. The molecule has 1 aromatic carbocycles. The van der Waals surface area contributed by atoms with Crippen molar-refractivity contribution in [3.05, 3.63) is 47.7 Å². The van der Waals surface area contributed by atoms with Crippen LogP contribution in [0, 0.1) is 0 Å². The van der Waals surface area contributed by atoms with Crippen LogP contribution in [0.1, 0.15) is 25.0 Å². The molecular formula is C15H19N3. The first-order chi connectivity index (χ1) is 8.74. The predicted octanol–water partition coefficient (Wildman–Crippen LogP) is 3.53. The van der Waals surface area contributed by atoms with Crippen LogP contribution in [-0.4, -0.2) is 4.98 Å². The zero-order chi connectivity index (χ0) is 13.0. The Morgan fingerprint density at radius 1 is 1.06 bits per heavy atom. The molecule has 2 rings (SSSR count). The van der Waals surface area contributed by atoms with Crippen LogP contribution in [-0.2, 0) is 12.8 Å². The smallest absolute Gasteiger partial charge is 0.130 e. The topological polar surface area (TPSA) is 50.9 Å². The summed E-state index contributed by atoms with van der Waals surface area (Å²) in [5.74, 6) is 0.833. The Labute approximate surface area is 108 Å². The van der Waals surface area contributed by atoms with E-state index in [4.69, 9.17) is 5.73 Å². The second-order valence-corrected chi connectivity index (χ2v) is 4.26. The maximum absolute atomic E-state index is 5.64. The van der Waals surface area contributed by atoms with E-state index in [0.29, 0.717) is 5.69 Å². The molecule has 3 N–H and O–H groups in total. The van der Waals surface area contributed by atoms with Crippen molar-refractivity contribution in [1.82, 2.24) is 4.98 Å². The molecule has 3 heteroatoms. The second kappa shape index (κ2) is 5.54. The van der Waals surface area contributed by atoms with Gasteiger partial charge in [0.2, 0.25) is 0 Å². The van der Waals surface area contributed by atoms with Crippen LogP contribution in [0.5, 0.6) is 0 Å². The van der Waals surface area contributed by atoms with E-state index in [-0.39, 0.29) is 0 Å². The molecule has 0 spiro atoms. The second-order valence-electron chi connectivity index (χ2n) is 4.26. The Morgan fingerprint density at radius 2 is 1.72 bits per heavy atom. The van der Waals surface area contributed by atoms with E-state index in [2.05, 4.69) is 42.3 Å². The molecule has 3 nitrogen and oxygen atoms in total. The van der Waals surface area contributed by atoms with Crippen LogP contribution in [0.2, 0.25) is 0 Å². The predicted molar refractivity (Wildman–Crippen MR) is 77.1 cm³/mol. The molecule has 0 amide bonds. The molecule has 18 heavy (non-hydrogen) atoms. The summed E-state index contributed by atoms with van der Waals surface area (Å²) in [6, 6.07) is 10.2. The molecule has 94 valence electrons. The van der Waals surface area contributed by atoms with Crippen LogP contribution < -0.4 is 11.1 Å². The number of para-hydroxylation sites is 1. The molecule has 1 heterocycles. The lowest BCUT2D eigenvalue weighted by Gasteiger charge is -2.14. The first-order valence-corrected chi connectivity index (χ1v) is 6.34. The Bertz CT molecular complexity index is 496. The summed E-state index contributed by atoms with van der Waals surface area (Å²) < 4.78 is 0. The molecule has 0 aliphatic carbocycles. The van der Waals surface area contributed by atoms with Crippen LogP contribution in [0.3, 0.4) is 0 Å². The van der Waals surface area contributed by atoms with Crippen molar-refractivity contribution in [2.75, 3.05) is 11.1 Å². The summed E-state index contributed by atoms with van der Waals surface area (Å²) in [6.45, 7) is 4.33. The number of benzene rings is 1. The lowest BCUT2D eigenvalue weighted by atomic mass is 10.0. The fraction of sp³-hybridized carbons (Fsp3) is 0.267. The highest BCUT2D eigenvalue weighted by Gasteiger charge is 2.06. The third kappa shape index (κ3) is 2.62. The Balaban J connectivity index is 2.35. The fourth-order valence-electron chi connectivity index (χ4n) is 2.01. The fourth-order valence-corrected chi connectivity index (χ4v) is 2.01. The molecule has 0 fully saturated rings. The summed E-state index contributed by atoms with van der Waals surface area (Å²) in [7, 11) is 0. The largest absolute Gasteiger partial charge is 0.397 e. The van der Waals surface area contributed by atoms with Gasteiger partial charge in [-0.1, -0.05) is 32.0 Å². The number of hydrogen-bond acceptors (Lipinski definition) is 3. The number of rotatable bonds is 4. The molecular weight excluding hydrogens is 222 g/mol. The number of nitrogen functional groups attached to an aromatic ring is 1. The van der Waals surface area contributed by atoms with E-state index in [9.17, 15) is 0 Å². The van der Waals surface area contributed by atoms with Crippen LogP contribution in [0.15, 0.2) is 36.5 Å². The molecule has 2 aromatic rings. The summed E-state index contributed by atoms with van der Waals surface area (Å²) >= 11 is 0. The molecule has 0 aliphatic rings. The average molecular weight is 241 g/mol. The Morgan fingerprint density at radius 3 is 2.22 bits per heavy atom. The summed E-state index contributed by atoms with van der Waals surface area (Å²) in [5.41, 5.74) is 10.1. The summed E-state index contributed by atoms with van der Waals surface area (Å²) in [5, 5.41) is 3.40. The third-order valence-corrected chi connectivity index (χ3v) is 3.04. The third-order valence-electron chi connectivity index (χ3n) is 3.04. The van der Waals surface area contributed by atoms with E-state index in [1.807, 2.05) is 12.1 Å². The van der Waals surface area contributed by atoms with Crippen LogP contribution in [0.4, 0.5) is 17.2 Å². The number of anilines is 3. The van der Waals surface area contributed by atoms with Gasteiger partial charge in [-0.05, 0) is 36.1 Å². The highest BCUT2D eigenvalue weighted by molar-refractivity contribution is 5.65. The minimum atomic E-state index is 0.681. The van der Waals surface area contributed by atoms with Crippen molar-refractivity contribution < 1.29 is 0 Å². The number of nitrogens with zero attached hydrogens (tertiary/aromatic N) is 1. The van der Waals surface area contributed by atoms with Gasteiger partial charge in [-0.15, -0.1) is 0 Å². The maximum Gasteiger partial charge on any atom is 0.130 e. The van der Waals surface area contributed by atoms with E-state index < -0.39 is 0 Å². The molecule has 0 unspecified atom stereocenters. The quantitative estimate of drug-likeness (QED) is 0.861. The van der Waals surface area contributed by atoms with Crippen molar-refractivity contribution in [3.63, 3.8) is 0 Å². The van der Waals surface area contributed by atoms with Crippen LogP contribution in [0.25, 0.3) is 0 Å². The highest BCUT2D eigenvalue weighted by atomic mass is 15.0. The number of nitrogens with one attached hydrogen (secondary N) is 1. The number of aromatic nitrogens is 1. The van der Waals surface area contributed by atoms with Crippen molar-refractivity contribution in [1.29, 1.82) is 0 Å². The minimum Gasteiger partial charge on any atom is -0.397 e. The molecule has 0 atom stereocenters. The molecule has 0 bridgehead atoms. The number of pyridine rings is 1. The lowest BCUT2D eigenvalue weighted by molar-refractivity contribution is 1.09. The number of hydrogen-bond donors (Lipinski definition) is 2. The first-order valence-electron chi connectivity index (χ1n) is 6.34. The van der Waals surface area contributed by atoms with Gasteiger partial charge in [0.25, 0.3) is 0 Å². The lowest BCUT2D eigenvalue weighted by Crippen LogP contribution is -2.01. The molecule has 0 aliphatic heterocycles. The van der Waals surface area contributed by atoms with Gasteiger partial charge in [-0.3, -0.25) is 0 Å². The van der Waals surface area contributed by atoms with Crippen molar-refractivity contribution >= 4 is 17.2 Å². The molecule has 1 aromatic heterocycles. The normalized spacial score (nSPS) is 10.3. The van der Waals surface area contributed by atoms with Gasteiger partial charge in [-0.25, -0.2) is 4.98 Å². The van der Waals surface area contributed by atoms with Gasteiger partial charge in [0, 0.05) is 5.69 Å². The summed E-state index contributed by atoms with van der Waals surface area (Å²) in [4.78, 5) is 4.29. The number of aryl methyl sites for hydroxylation is 2. The zero-order valence-corrected chi connectivity index (χ0v) is 10.9.